The van der Waals surface area contributed by atoms with Crippen molar-refractivity contribution in [3.05, 3.63) is 28.8 Å². The van der Waals surface area contributed by atoms with Crippen LogP contribution in [0.2, 0.25) is 5.02 Å². The van der Waals surface area contributed by atoms with Crippen molar-refractivity contribution < 1.29 is 9.53 Å². The fourth-order valence-corrected chi connectivity index (χ4v) is 4.40. The number of rotatable bonds is 1. The quantitative estimate of drug-likeness (QED) is 0.858. The standard InChI is InChI=1S/C18H23ClN2O2/c19-15-1-2-16-13(10-15)9-14(11-23-16)17(22)21-7-4-18(5-8-21)3-6-20-12-18/h1-2,10,14,20H,3-9,11-12H2. The number of hydrogen-bond donors (Lipinski definition) is 1. The lowest BCUT2D eigenvalue weighted by Crippen LogP contribution is -2.48. The highest BCUT2D eigenvalue weighted by atomic mass is 35.5. The van der Waals surface area contributed by atoms with E-state index in [-0.39, 0.29) is 11.8 Å². The highest BCUT2D eigenvalue weighted by Crippen LogP contribution is 2.38. The first-order valence-corrected chi connectivity index (χ1v) is 8.94. The molecule has 23 heavy (non-hydrogen) atoms. The Morgan fingerprint density at radius 3 is 2.87 bits per heavy atom. The average molecular weight is 335 g/mol. The van der Waals surface area contributed by atoms with Gasteiger partial charge in [-0.15, -0.1) is 0 Å². The molecule has 1 unspecified atom stereocenters. The Bertz CT molecular complexity index is 603. The fraction of sp³-hybridized carbons (Fsp3) is 0.611. The molecule has 2 fully saturated rings. The van der Waals surface area contributed by atoms with Crippen molar-refractivity contribution >= 4 is 17.5 Å². The van der Waals surface area contributed by atoms with Gasteiger partial charge in [0.25, 0.3) is 0 Å². The number of hydrogen-bond acceptors (Lipinski definition) is 3. The molecule has 3 heterocycles. The number of carbonyl (C=O) groups is 1. The summed E-state index contributed by atoms with van der Waals surface area (Å²) in [5.41, 5.74) is 1.50. The van der Waals surface area contributed by atoms with Gasteiger partial charge in [-0.25, -0.2) is 0 Å². The van der Waals surface area contributed by atoms with Crippen molar-refractivity contribution in [2.75, 3.05) is 32.8 Å². The lowest BCUT2D eigenvalue weighted by atomic mass is 9.77. The van der Waals surface area contributed by atoms with Crippen molar-refractivity contribution in [3.8, 4) is 5.75 Å². The number of ether oxygens (including phenoxy) is 1. The van der Waals surface area contributed by atoms with Gasteiger partial charge in [0.05, 0.1) is 5.92 Å². The van der Waals surface area contributed by atoms with E-state index in [0.717, 1.165) is 56.8 Å². The van der Waals surface area contributed by atoms with Crippen molar-refractivity contribution in [1.82, 2.24) is 10.2 Å². The van der Waals surface area contributed by atoms with Gasteiger partial charge in [-0.05, 0) is 61.4 Å². The van der Waals surface area contributed by atoms with E-state index in [4.69, 9.17) is 16.3 Å². The summed E-state index contributed by atoms with van der Waals surface area (Å²) in [7, 11) is 0. The van der Waals surface area contributed by atoms with E-state index in [0.29, 0.717) is 17.0 Å². The normalized spacial score (nSPS) is 26.0. The van der Waals surface area contributed by atoms with Crippen molar-refractivity contribution in [2.45, 2.75) is 25.7 Å². The van der Waals surface area contributed by atoms with Crippen LogP contribution < -0.4 is 10.1 Å². The van der Waals surface area contributed by atoms with E-state index in [1.54, 1.807) is 0 Å². The van der Waals surface area contributed by atoms with Gasteiger partial charge in [0, 0.05) is 24.7 Å². The number of fused-ring (bicyclic) bond motifs is 1. The van der Waals surface area contributed by atoms with Crippen LogP contribution in [0.3, 0.4) is 0 Å². The van der Waals surface area contributed by atoms with Crippen LogP contribution in [-0.4, -0.2) is 43.6 Å². The zero-order valence-corrected chi connectivity index (χ0v) is 14.1. The molecule has 1 aromatic carbocycles. The van der Waals surface area contributed by atoms with Gasteiger partial charge in [0.1, 0.15) is 12.4 Å². The third kappa shape index (κ3) is 2.94. The van der Waals surface area contributed by atoms with Gasteiger partial charge in [0.15, 0.2) is 0 Å². The molecule has 3 aliphatic heterocycles. The lowest BCUT2D eigenvalue weighted by molar-refractivity contribution is -0.139. The third-order valence-corrected chi connectivity index (χ3v) is 5.98. The first-order valence-electron chi connectivity index (χ1n) is 8.56. The van der Waals surface area contributed by atoms with Crippen molar-refractivity contribution in [3.63, 3.8) is 0 Å². The number of piperidine rings is 1. The van der Waals surface area contributed by atoms with Gasteiger partial charge in [0.2, 0.25) is 5.91 Å². The Labute approximate surface area is 142 Å². The smallest absolute Gasteiger partial charge is 0.229 e. The first-order chi connectivity index (χ1) is 11.2. The Morgan fingerprint density at radius 2 is 2.13 bits per heavy atom. The van der Waals surface area contributed by atoms with E-state index in [2.05, 4.69) is 5.32 Å². The van der Waals surface area contributed by atoms with Crippen molar-refractivity contribution in [2.24, 2.45) is 11.3 Å². The SMILES string of the molecule is O=C(C1COc2ccc(Cl)cc2C1)N1CCC2(CCNC2)CC1. The summed E-state index contributed by atoms with van der Waals surface area (Å²) in [6.45, 7) is 4.50. The molecule has 0 aliphatic carbocycles. The molecular formula is C18H23ClN2O2. The summed E-state index contributed by atoms with van der Waals surface area (Å²) in [6, 6.07) is 5.66. The molecule has 1 N–H and O–H groups in total. The second-order valence-electron chi connectivity index (χ2n) is 7.22. The molecule has 0 radical (unpaired) electrons. The van der Waals surface area contributed by atoms with Gasteiger partial charge in [-0.1, -0.05) is 11.6 Å². The van der Waals surface area contributed by atoms with Gasteiger partial charge < -0.3 is 15.0 Å². The molecule has 1 spiro atoms. The van der Waals surface area contributed by atoms with Crippen LogP contribution in [0.5, 0.6) is 5.75 Å². The number of nitrogens with zero attached hydrogens (tertiary/aromatic N) is 1. The number of halogens is 1. The summed E-state index contributed by atoms with van der Waals surface area (Å²) in [5.74, 6) is 1.04. The Balaban J connectivity index is 1.40. The monoisotopic (exact) mass is 334 g/mol. The van der Waals surface area contributed by atoms with E-state index in [9.17, 15) is 4.79 Å². The summed E-state index contributed by atoms with van der Waals surface area (Å²) >= 11 is 6.07. The summed E-state index contributed by atoms with van der Waals surface area (Å²) in [5, 5.41) is 4.17. The zero-order valence-electron chi connectivity index (χ0n) is 13.3. The Morgan fingerprint density at radius 1 is 1.30 bits per heavy atom. The Kier molecular flexibility index (Phi) is 3.98. The van der Waals surface area contributed by atoms with Crippen LogP contribution in [0.15, 0.2) is 18.2 Å². The molecule has 3 aliphatic rings. The molecule has 2 saturated heterocycles. The predicted molar refractivity (Wildman–Crippen MR) is 89.9 cm³/mol. The summed E-state index contributed by atoms with van der Waals surface area (Å²) in [4.78, 5) is 14.9. The van der Waals surface area contributed by atoms with Crippen LogP contribution >= 0.6 is 11.6 Å². The molecule has 4 rings (SSSR count). The van der Waals surface area contributed by atoms with Gasteiger partial charge in [-0.2, -0.15) is 0 Å². The minimum Gasteiger partial charge on any atom is -0.492 e. The van der Waals surface area contributed by atoms with Crippen LogP contribution in [0.25, 0.3) is 0 Å². The molecule has 124 valence electrons. The second-order valence-corrected chi connectivity index (χ2v) is 7.65. The molecule has 0 bridgehead atoms. The zero-order chi connectivity index (χ0) is 15.9. The minimum absolute atomic E-state index is 0.0725. The third-order valence-electron chi connectivity index (χ3n) is 5.75. The van der Waals surface area contributed by atoms with E-state index in [1.807, 2.05) is 23.1 Å². The average Bonchev–Trinajstić information content (AvgIpc) is 3.02. The Hall–Kier alpha value is -1.26. The molecule has 1 amide bonds. The van der Waals surface area contributed by atoms with E-state index < -0.39 is 0 Å². The van der Waals surface area contributed by atoms with E-state index in [1.165, 1.54) is 6.42 Å². The molecule has 1 atom stereocenters. The molecule has 0 aromatic heterocycles. The van der Waals surface area contributed by atoms with Crippen LogP contribution in [0.1, 0.15) is 24.8 Å². The molecule has 1 aromatic rings. The number of nitrogens with one attached hydrogen (secondary N) is 1. The number of amides is 1. The maximum Gasteiger partial charge on any atom is 0.229 e. The largest absolute Gasteiger partial charge is 0.492 e. The maximum atomic E-state index is 12.8. The van der Waals surface area contributed by atoms with Crippen LogP contribution in [0, 0.1) is 11.3 Å². The second kappa shape index (κ2) is 5.99. The van der Waals surface area contributed by atoms with E-state index >= 15 is 0 Å². The van der Waals surface area contributed by atoms with Crippen LogP contribution in [0.4, 0.5) is 0 Å². The number of likely N-dealkylation sites (tertiary alicyclic amines) is 1. The summed E-state index contributed by atoms with van der Waals surface area (Å²) < 4.78 is 5.78. The van der Waals surface area contributed by atoms with Gasteiger partial charge >= 0.3 is 0 Å². The molecule has 5 heteroatoms. The highest BCUT2D eigenvalue weighted by Gasteiger charge is 2.39. The minimum atomic E-state index is -0.0725. The highest BCUT2D eigenvalue weighted by molar-refractivity contribution is 6.30. The predicted octanol–water partition coefficient (Wildman–Crippen LogP) is 2.49. The molecule has 0 saturated carbocycles. The van der Waals surface area contributed by atoms with Crippen molar-refractivity contribution in [1.29, 1.82) is 0 Å². The summed E-state index contributed by atoms with van der Waals surface area (Å²) in [6.07, 6.45) is 4.24. The molecular weight excluding hydrogens is 312 g/mol. The fourth-order valence-electron chi connectivity index (χ4n) is 4.20. The molecule has 4 nitrogen and oxygen atoms in total. The van der Waals surface area contributed by atoms with Crippen LogP contribution in [-0.2, 0) is 11.2 Å². The lowest BCUT2D eigenvalue weighted by Gasteiger charge is -2.40. The number of benzene rings is 1. The maximum absolute atomic E-state index is 12.8. The number of carbonyl (C=O) groups excluding carboxylic acids is 1. The first kappa shape index (κ1) is 15.3. The van der Waals surface area contributed by atoms with Gasteiger partial charge in [-0.3, -0.25) is 4.79 Å². The topological polar surface area (TPSA) is 41.6 Å².